The van der Waals surface area contributed by atoms with Crippen LogP contribution in [0, 0.1) is 0 Å². The topological polar surface area (TPSA) is 218 Å². The summed E-state index contributed by atoms with van der Waals surface area (Å²) in [6.45, 7) is 8.59. The van der Waals surface area contributed by atoms with Crippen molar-refractivity contribution in [3.8, 4) is 11.5 Å². The highest BCUT2D eigenvalue weighted by Crippen LogP contribution is 2.33. The summed E-state index contributed by atoms with van der Waals surface area (Å²) in [5.41, 5.74) is 3.64. The minimum absolute atomic E-state index is 0.0156. The van der Waals surface area contributed by atoms with Gasteiger partial charge in [-0.2, -0.15) is 20.5 Å². The molecule has 21 heteroatoms. The number of hydrogen-bond acceptors (Lipinski definition) is 12. The first-order valence-corrected chi connectivity index (χ1v) is 24.3. The van der Waals surface area contributed by atoms with Crippen LogP contribution in [0.2, 0.25) is 10.0 Å². The van der Waals surface area contributed by atoms with Gasteiger partial charge < -0.3 is 30.7 Å². The van der Waals surface area contributed by atoms with E-state index in [-0.39, 0.29) is 43.9 Å². The number of alkyl halides is 3. The van der Waals surface area contributed by atoms with Gasteiger partial charge in [-0.3, -0.25) is 28.8 Å². The molecule has 0 radical (unpaired) electrons. The summed E-state index contributed by atoms with van der Waals surface area (Å²) in [6, 6.07) is 20.1. The molecular weight excluding hydrogens is 1020 g/mol. The normalized spacial score (nSPS) is 12.5. The number of anilines is 4. The van der Waals surface area contributed by atoms with Crippen molar-refractivity contribution in [2.24, 2.45) is 20.5 Å². The van der Waals surface area contributed by atoms with Gasteiger partial charge in [0.2, 0.25) is 12.1 Å². The second kappa shape index (κ2) is 26.7. The highest BCUT2D eigenvalue weighted by molar-refractivity contribution is 6.33. The summed E-state index contributed by atoms with van der Waals surface area (Å²) in [7, 11) is 0. The average molecular weight is 1070 g/mol. The van der Waals surface area contributed by atoms with Gasteiger partial charge in [0, 0.05) is 45.6 Å². The molecule has 0 aliphatic carbocycles. The number of hydrogen-bond donors (Lipinski definition) is 4. The Bertz CT molecular complexity index is 2860. The Morgan fingerprint density at radius 3 is 1.41 bits per heavy atom. The summed E-state index contributed by atoms with van der Waals surface area (Å²) in [6.07, 6.45) is 0.941. The Kier molecular flexibility index (Phi) is 20.9. The third-order valence-corrected chi connectivity index (χ3v) is 11.5. The average Bonchev–Trinajstić information content (AvgIpc) is 3.32. The monoisotopic (exact) mass is 1060 g/mol. The van der Waals surface area contributed by atoms with Crippen molar-refractivity contribution in [1.29, 1.82) is 0 Å². The van der Waals surface area contributed by atoms with Crippen LogP contribution in [0.5, 0.6) is 11.5 Å². The van der Waals surface area contributed by atoms with Crippen molar-refractivity contribution in [1.82, 2.24) is 0 Å². The zero-order chi connectivity index (χ0) is 51.8. The number of carbonyl (C=O) groups excluding carboxylic acids is 6. The molecule has 3 unspecified atom stereocenters. The van der Waals surface area contributed by atoms with Crippen molar-refractivity contribution < 1.29 is 38.2 Å². The fourth-order valence-corrected chi connectivity index (χ4v) is 7.63. The minimum atomic E-state index is -1.65. The Hall–Kier alpha value is -6.43. The van der Waals surface area contributed by atoms with Gasteiger partial charge in [0.05, 0.1) is 28.6 Å². The lowest BCUT2D eigenvalue weighted by Crippen LogP contribution is -2.32. The number of azo groups is 2. The zero-order valence-electron chi connectivity index (χ0n) is 39.1. The molecule has 5 rings (SSSR count). The minimum Gasteiger partial charge on any atom is -0.494 e. The Morgan fingerprint density at radius 2 is 1.00 bits per heavy atom. The molecule has 16 nitrogen and oxygen atoms in total. The Balaban J connectivity index is 1.28. The number of aryl methyl sites for hydroxylation is 2. The van der Waals surface area contributed by atoms with Crippen molar-refractivity contribution in [2.75, 3.05) is 46.2 Å². The molecule has 0 bridgehead atoms. The number of ether oxygens (including phenoxy) is 2. The number of Topliss-reactive ketones (excluding diaryl/α,β-unsaturated/α-hetero) is 2. The summed E-state index contributed by atoms with van der Waals surface area (Å²) in [4.78, 5) is 79.3. The van der Waals surface area contributed by atoms with E-state index >= 15 is 0 Å². The van der Waals surface area contributed by atoms with Crippen molar-refractivity contribution in [3.05, 3.63) is 129 Å². The lowest BCUT2D eigenvalue weighted by molar-refractivity contribution is -0.127. The largest absolute Gasteiger partial charge is 0.494 e. The highest BCUT2D eigenvalue weighted by Gasteiger charge is 2.27. The molecule has 0 aliphatic rings. The first kappa shape index (κ1) is 55.5. The smallest absolute Gasteiger partial charge is 0.258 e. The lowest BCUT2D eigenvalue weighted by atomic mass is 10.1. The van der Waals surface area contributed by atoms with Crippen LogP contribution in [0.1, 0.15) is 77.4 Å². The lowest BCUT2D eigenvalue weighted by Gasteiger charge is -2.17. The van der Waals surface area contributed by atoms with Gasteiger partial charge in [0.1, 0.15) is 22.9 Å². The number of carbonyl (C=O) groups is 6. The van der Waals surface area contributed by atoms with Crippen LogP contribution >= 0.6 is 58.0 Å². The number of nitrogens with zero attached hydrogens (tertiary/aromatic N) is 4. The number of ketones is 2. The second-order valence-electron chi connectivity index (χ2n) is 15.5. The molecule has 0 saturated carbocycles. The maximum absolute atomic E-state index is 13.6. The summed E-state index contributed by atoms with van der Waals surface area (Å²) >= 11 is 31.4. The van der Waals surface area contributed by atoms with E-state index in [1.54, 1.807) is 43.3 Å². The fourth-order valence-electron chi connectivity index (χ4n) is 6.74. The molecule has 0 aliphatic heterocycles. The number of amides is 4. The van der Waals surface area contributed by atoms with Gasteiger partial charge in [-0.05, 0) is 155 Å². The van der Waals surface area contributed by atoms with E-state index in [1.165, 1.54) is 54.6 Å². The molecule has 5 aromatic rings. The molecule has 372 valence electrons. The van der Waals surface area contributed by atoms with Gasteiger partial charge >= 0.3 is 0 Å². The number of halogens is 5. The predicted octanol–water partition coefficient (Wildman–Crippen LogP) is 12.5. The molecule has 4 N–H and O–H groups in total. The molecule has 4 amide bonds. The van der Waals surface area contributed by atoms with Crippen LogP contribution in [-0.4, -0.2) is 72.3 Å². The SMILES string of the molecule is CCOc1ccc(NC(=O)c2ccc(Cl)c(N=NC(C(C)=O)C(=O)Nc3ccc(NC(=O)C(N=Nc4cc(C(=O)Nc5ccc(OCC)cc5CCCl)ccc4Cl)C(C)=O)c(C(C)Cl)c3)c2)c(CCCl)c1. The van der Waals surface area contributed by atoms with Crippen LogP contribution in [0.15, 0.2) is 111 Å². The van der Waals surface area contributed by atoms with E-state index in [0.29, 0.717) is 66.3 Å². The van der Waals surface area contributed by atoms with E-state index in [2.05, 4.69) is 41.7 Å². The Labute approximate surface area is 435 Å². The predicted molar refractivity (Wildman–Crippen MR) is 279 cm³/mol. The van der Waals surface area contributed by atoms with E-state index in [1.807, 2.05) is 13.8 Å². The van der Waals surface area contributed by atoms with Gasteiger partial charge in [0.25, 0.3) is 23.6 Å². The summed E-state index contributed by atoms with van der Waals surface area (Å²) < 4.78 is 11.2. The van der Waals surface area contributed by atoms with E-state index in [9.17, 15) is 28.8 Å². The molecule has 5 aromatic carbocycles. The number of nitrogens with one attached hydrogen (secondary N) is 4. The van der Waals surface area contributed by atoms with Crippen molar-refractivity contribution >= 4 is 127 Å². The third kappa shape index (κ3) is 15.5. The third-order valence-electron chi connectivity index (χ3n) is 10.3. The fraction of sp³-hybridized carbons (Fsp3) is 0.280. The van der Waals surface area contributed by atoms with Crippen LogP contribution < -0.4 is 30.7 Å². The zero-order valence-corrected chi connectivity index (χ0v) is 42.9. The van der Waals surface area contributed by atoms with Gasteiger partial charge in [-0.15, -0.1) is 34.8 Å². The molecular formula is C50H49Cl5N8O8. The molecule has 0 aromatic heterocycles. The molecule has 0 heterocycles. The van der Waals surface area contributed by atoms with E-state index in [4.69, 9.17) is 67.5 Å². The van der Waals surface area contributed by atoms with Crippen molar-refractivity contribution in [2.45, 2.75) is 64.9 Å². The second-order valence-corrected chi connectivity index (χ2v) is 17.7. The van der Waals surface area contributed by atoms with Crippen LogP contribution in [0.3, 0.4) is 0 Å². The molecule has 3 atom stereocenters. The maximum Gasteiger partial charge on any atom is 0.258 e. The van der Waals surface area contributed by atoms with Gasteiger partial charge in [-0.1, -0.05) is 23.2 Å². The highest BCUT2D eigenvalue weighted by atomic mass is 35.5. The Morgan fingerprint density at radius 1 is 0.563 bits per heavy atom. The molecule has 71 heavy (non-hydrogen) atoms. The van der Waals surface area contributed by atoms with Gasteiger partial charge in [-0.25, -0.2) is 0 Å². The van der Waals surface area contributed by atoms with Gasteiger partial charge in [0.15, 0.2) is 11.6 Å². The maximum atomic E-state index is 13.6. The molecule has 0 saturated heterocycles. The summed E-state index contributed by atoms with van der Waals surface area (Å²) in [5, 5.41) is 26.6. The van der Waals surface area contributed by atoms with Crippen molar-refractivity contribution in [3.63, 3.8) is 0 Å². The van der Waals surface area contributed by atoms with Crippen LogP contribution in [0.4, 0.5) is 34.1 Å². The number of rotatable bonds is 23. The van der Waals surface area contributed by atoms with Crippen LogP contribution in [0.25, 0.3) is 0 Å². The van der Waals surface area contributed by atoms with E-state index < -0.39 is 52.7 Å². The first-order valence-electron chi connectivity index (χ1n) is 22.0. The van der Waals surface area contributed by atoms with Crippen LogP contribution in [-0.2, 0) is 32.0 Å². The molecule has 0 spiro atoms. The first-order chi connectivity index (χ1) is 34.0. The van der Waals surface area contributed by atoms with E-state index in [0.717, 1.165) is 25.0 Å². The summed E-state index contributed by atoms with van der Waals surface area (Å²) in [5.74, 6) is -2.13. The number of benzene rings is 5. The standard InChI is InChI=1S/C50H49Cl5N8O8/c1-6-70-35-11-16-40(30(22-35)18-20-51)57-47(66)32-8-13-38(54)43(24-32)60-62-45(28(4)64)49(68)56-34-10-15-42(37(26-34)27(3)53)59-50(69)46(29(5)65)63-61-44-25-33(9-14-39(44)55)48(67)58-41-17-12-36(71-7-2)23-31(41)19-21-52/h8-17,22-27,45-46H,6-7,18-21H2,1-5H3,(H,56,68)(H,57,66)(H,58,67)(H,59,69). The quantitative estimate of drug-likeness (QED) is 0.0279. The molecule has 0 fully saturated rings.